The predicted octanol–water partition coefficient (Wildman–Crippen LogP) is 3.66. The number of ether oxygens (including phenoxy) is 2. The minimum Gasteiger partial charge on any atom is -0.496 e. The van der Waals surface area contributed by atoms with E-state index in [0.717, 1.165) is 10.9 Å². The lowest BCUT2D eigenvalue weighted by atomic mass is 10.0. The van der Waals surface area contributed by atoms with Gasteiger partial charge in [0.25, 0.3) is 5.91 Å². The summed E-state index contributed by atoms with van der Waals surface area (Å²) in [7, 11) is 1.59. The van der Waals surface area contributed by atoms with Crippen molar-refractivity contribution < 1.29 is 19.1 Å². The van der Waals surface area contributed by atoms with E-state index in [4.69, 9.17) is 9.47 Å². The van der Waals surface area contributed by atoms with Crippen LogP contribution in [0.4, 0.5) is 0 Å². The lowest BCUT2D eigenvalue weighted by Crippen LogP contribution is -2.45. The molecule has 1 aromatic carbocycles. The predicted molar refractivity (Wildman–Crippen MR) is 101 cm³/mol. The molecule has 0 fully saturated rings. The molecule has 1 unspecified atom stereocenters. The number of nitrogens with one attached hydrogen (secondary N) is 2. The van der Waals surface area contributed by atoms with Gasteiger partial charge in [-0.3, -0.25) is 4.79 Å². The molecule has 0 aliphatic carbocycles. The highest BCUT2D eigenvalue weighted by atomic mass is 16.6. The fraction of sp³-hybridized carbons (Fsp3) is 0.500. The minimum absolute atomic E-state index is 0.232. The lowest BCUT2D eigenvalue weighted by Gasteiger charge is -2.25. The first-order valence-electron chi connectivity index (χ1n) is 8.80. The molecule has 0 radical (unpaired) electrons. The molecule has 2 N–H and O–H groups in total. The fourth-order valence-electron chi connectivity index (χ4n) is 2.72. The second-order valence-corrected chi connectivity index (χ2v) is 7.79. The van der Waals surface area contributed by atoms with Crippen LogP contribution < -0.4 is 10.1 Å². The van der Waals surface area contributed by atoms with E-state index in [2.05, 4.69) is 10.3 Å². The van der Waals surface area contributed by atoms with E-state index >= 15 is 0 Å². The molecule has 6 heteroatoms. The average Bonchev–Trinajstić information content (AvgIpc) is 2.96. The quantitative estimate of drug-likeness (QED) is 0.771. The van der Waals surface area contributed by atoms with E-state index in [9.17, 15) is 9.59 Å². The maximum absolute atomic E-state index is 12.7. The van der Waals surface area contributed by atoms with Crippen molar-refractivity contribution in [2.75, 3.05) is 7.11 Å². The maximum Gasteiger partial charge on any atom is 0.329 e. The Bertz CT molecular complexity index is 787. The number of amides is 1. The zero-order valence-electron chi connectivity index (χ0n) is 16.3. The molecule has 0 saturated carbocycles. The summed E-state index contributed by atoms with van der Waals surface area (Å²) in [5.74, 6) is 0.146. The summed E-state index contributed by atoms with van der Waals surface area (Å²) in [5.41, 5.74) is 0.569. The number of rotatable bonds is 6. The van der Waals surface area contributed by atoms with Gasteiger partial charge in [0.05, 0.1) is 7.11 Å². The fourth-order valence-corrected chi connectivity index (χ4v) is 2.72. The summed E-state index contributed by atoms with van der Waals surface area (Å²) < 4.78 is 10.8. The molecule has 142 valence electrons. The minimum atomic E-state index is -0.699. The Hall–Kier alpha value is -2.50. The molecule has 1 heterocycles. The number of aromatic nitrogens is 1. The van der Waals surface area contributed by atoms with Crippen molar-refractivity contribution in [2.24, 2.45) is 5.92 Å². The van der Waals surface area contributed by atoms with Gasteiger partial charge in [0.15, 0.2) is 0 Å². The number of H-pyrrole nitrogens is 1. The van der Waals surface area contributed by atoms with Crippen LogP contribution >= 0.6 is 0 Å². The van der Waals surface area contributed by atoms with Gasteiger partial charge in [-0.2, -0.15) is 0 Å². The Labute approximate surface area is 154 Å². The number of fused-ring (bicyclic) bond motifs is 1. The van der Waals surface area contributed by atoms with Crippen LogP contribution in [0.3, 0.4) is 0 Å². The molecule has 1 atom stereocenters. The largest absolute Gasteiger partial charge is 0.496 e. The van der Waals surface area contributed by atoms with Crippen LogP contribution in [0, 0.1) is 5.92 Å². The molecule has 26 heavy (non-hydrogen) atoms. The zero-order valence-corrected chi connectivity index (χ0v) is 16.3. The molecule has 1 amide bonds. The molecule has 0 bridgehead atoms. The first-order chi connectivity index (χ1) is 12.1. The van der Waals surface area contributed by atoms with Crippen LogP contribution in [0.25, 0.3) is 10.9 Å². The summed E-state index contributed by atoms with van der Waals surface area (Å²) in [4.78, 5) is 28.2. The zero-order chi connectivity index (χ0) is 19.5. The van der Waals surface area contributed by atoms with E-state index in [-0.39, 0.29) is 11.8 Å². The number of esters is 1. The van der Waals surface area contributed by atoms with Crippen molar-refractivity contribution in [3.05, 3.63) is 30.0 Å². The Kier molecular flexibility index (Phi) is 5.95. The molecule has 0 aliphatic rings. The third-order valence-electron chi connectivity index (χ3n) is 3.79. The van der Waals surface area contributed by atoms with Gasteiger partial charge >= 0.3 is 5.97 Å². The van der Waals surface area contributed by atoms with Crippen molar-refractivity contribution in [1.82, 2.24) is 10.3 Å². The molecule has 6 nitrogen and oxygen atoms in total. The second kappa shape index (κ2) is 7.81. The third-order valence-corrected chi connectivity index (χ3v) is 3.79. The van der Waals surface area contributed by atoms with E-state index < -0.39 is 17.6 Å². The molecule has 0 saturated heterocycles. The Morgan fingerprint density at radius 3 is 2.50 bits per heavy atom. The van der Waals surface area contributed by atoms with Gasteiger partial charge in [0.1, 0.15) is 23.1 Å². The number of hydrogen-bond acceptors (Lipinski definition) is 4. The highest BCUT2D eigenvalue weighted by Crippen LogP contribution is 2.26. The Balaban J connectivity index is 2.22. The average molecular weight is 360 g/mol. The van der Waals surface area contributed by atoms with Gasteiger partial charge in [-0.25, -0.2) is 4.79 Å². The van der Waals surface area contributed by atoms with Crippen molar-refractivity contribution in [3.63, 3.8) is 0 Å². The number of carbonyl (C=O) groups excluding carboxylic acids is 2. The van der Waals surface area contributed by atoms with Crippen LogP contribution in [0.15, 0.2) is 24.3 Å². The molecule has 0 aliphatic heterocycles. The summed E-state index contributed by atoms with van der Waals surface area (Å²) in [6.45, 7) is 9.42. The van der Waals surface area contributed by atoms with Crippen molar-refractivity contribution in [3.8, 4) is 5.75 Å². The lowest BCUT2D eigenvalue weighted by molar-refractivity contribution is -0.157. The summed E-state index contributed by atoms with van der Waals surface area (Å²) in [6.07, 6.45) is 0.504. The SMILES string of the molecule is COc1cccc2[nH]c(C(=O)NC(CC(C)C)C(=O)OC(C)(C)C)cc12. The highest BCUT2D eigenvalue weighted by molar-refractivity contribution is 6.01. The van der Waals surface area contributed by atoms with Crippen LogP contribution in [0.2, 0.25) is 0 Å². The number of aromatic amines is 1. The second-order valence-electron chi connectivity index (χ2n) is 7.79. The molecule has 1 aromatic heterocycles. The first-order valence-corrected chi connectivity index (χ1v) is 8.80. The van der Waals surface area contributed by atoms with E-state index in [1.165, 1.54) is 0 Å². The van der Waals surface area contributed by atoms with E-state index in [1.807, 2.05) is 52.8 Å². The normalized spacial score (nSPS) is 12.9. The van der Waals surface area contributed by atoms with Crippen LogP contribution in [0.1, 0.15) is 51.5 Å². The smallest absolute Gasteiger partial charge is 0.329 e. The number of hydrogen-bond donors (Lipinski definition) is 2. The van der Waals surface area contributed by atoms with Gasteiger partial charge in [-0.1, -0.05) is 19.9 Å². The topological polar surface area (TPSA) is 80.4 Å². The van der Waals surface area contributed by atoms with E-state index in [1.54, 1.807) is 13.2 Å². The van der Waals surface area contributed by atoms with Gasteiger partial charge in [-0.05, 0) is 51.3 Å². The Morgan fingerprint density at radius 1 is 1.23 bits per heavy atom. The van der Waals surface area contributed by atoms with E-state index in [0.29, 0.717) is 17.9 Å². The summed E-state index contributed by atoms with van der Waals surface area (Å²) in [5, 5.41) is 3.62. The van der Waals surface area contributed by atoms with Crippen molar-refractivity contribution >= 4 is 22.8 Å². The number of methoxy groups -OCH3 is 1. The molecular formula is C20H28N2O4. The molecule has 0 spiro atoms. The Morgan fingerprint density at radius 2 is 1.92 bits per heavy atom. The van der Waals surface area contributed by atoms with Gasteiger partial charge in [0.2, 0.25) is 0 Å². The summed E-state index contributed by atoms with van der Waals surface area (Å²) >= 11 is 0. The number of benzene rings is 1. The van der Waals surface area contributed by atoms with Gasteiger partial charge < -0.3 is 19.8 Å². The van der Waals surface area contributed by atoms with Gasteiger partial charge in [0, 0.05) is 10.9 Å². The maximum atomic E-state index is 12.7. The van der Waals surface area contributed by atoms with Crippen LogP contribution in [-0.4, -0.2) is 35.6 Å². The standard InChI is InChI=1S/C20H28N2O4/c1-12(2)10-16(19(24)26-20(3,4)5)22-18(23)15-11-13-14(21-15)8-7-9-17(13)25-6/h7-9,11-12,16,21H,10H2,1-6H3,(H,22,23). The first kappa shape index (κ1) is 19.8. The molecule has 2 rings (SSSR count). The monoisotopic (exact) mass is 360 g/mol. The van der Waals surface area contributed by atoms with Crippen LogP contribution in [0.5, 0.6) is 5.75 Å². The van der Waals surface area contributed by atoms with Gasteiger partial charge in [-0.15, -0.1) is 0 Å². The van der Waals surface area contributed by atoms with Crippen molar-refractivity contribution in [1.29, 1.82) is 0 Å². The number of carbonyl (C=O) groups is 2. The third kappa shape index (κ3) is 5.00. The highest BCUT2D eigenvalue weighted by Gasteiger charge is 2.28. The van der Waals surface area contributed by atoms with Crippen LogP contribution in [-0.2, 0) is 9.53 Å². The summed E-state index contributed by atoms with van der Waals surface area (Å²) in [6, 6.07) is 6.58. The molecule has 2 aromatic rings. The van der Waals surface area contributed by atoms with Crippen molar-refractivity contribution in [2.45, 2.75) is 52.7 Å². The molecular weight excluding hydrogens is 332 g/mol.